The number of piperidine rings is 1. The van der Waals surface area contributed by atoms with Crippen LogP contribution in [0.3, 0.4) is 0 Å². The first-order valence-electron chi connectivity index (χ1n) is 10.7. The van der Waals surface area contributed by atoms with E-state index in [9.17, 15) is 9.18 Å². The van der Waals surface area contributed by atoms with Gasteiger partial charge in [0, 0.05) is 40.3 Å². The molecule has 2 atom stereocenters. The Morgan fingerprint density at radius 3 is 2.88 bits per heavy atom. The molecule has 0 N–H and O–H groups in total. The third kappa shape index (κ3) is 3.98. The summed E-state index contributed by atoms with van der Waals surface area (Å²) in [6, 6.07) is 14.3. The molecule has 2 aliphatic heterocycles. The topological polar surface area (TPSA) is 36.4 Å². The highest BCUT2D eigenvalue weighted by molar-refractivity contribution is 7.09. The molecule has 3 aromatic rings. The summed E-state index contributed by atoms with van der Waals surface area (Å²) >= 11 is 7.78. The lowest BCUT2D eigenvalue weighted by Crippen LogP contribution is -2.56. The summed E-state index contributed by atoms with van der Waals surface area (Å²) in [7, 11) is 0. The molecular weight excluding hydrogens is 445 g/mol. The highest BCUT2D eigenvalue weighted by Gasteiger charge is 2.46. The summed E-state index contributed by atoms with van der Waals surface area (Å²) in [5.41, 5.74) is 2.17. The van der Waals surface area contributed by atoms with E-state index in [4.69, 9.17) is 16.6 Å². The van der Waals surface area contributed by atoms with Gasteiger partial charge in [0.25, 0.3) is 5.91 Å². The first-order valence-corrected chi connectivity index (χ1v) is 11.9. The molecule has 1 aromatic heterocycles. The number of benzene rings is 2. The number of amides is 1. The average Bonchev–Trinajstić information content (AvgIpc) is 3.35. The molecule has 164 valence electrons. The van der Waals surface area contributed by atoms with Gasteiger partial charge in [-0.05, 0) is 50.1 Å². The van der Waals surface area contributed by atoms with Gasteiger partial charge in [-0.15, -0.1) is 11.3 Å². The minimum Gasteiger partial charge on any atom is -0.299 e. The standard InChI is InChI=1S/C25H23ClFN3OS/c1-17-14-25(9-8-24(31)30(25)21-7-3-6-20(27)13-21)10-11-29(17)15-23-28-22(16-32-23)18-4-2-5-19(26)12-18/h2-9,12-13,16-17H,10-11,14-15H2,1H3/t17-,25+/m1/s1. The minimum atomic E-state index is -0.407. The zero-order chi connectivity index (χ0) is 22.3. The Kier molecular flexibility index (Phi) is 5.61. The van der Waals surface area contributed by atoms with E-state index in [1.165, 1.54) is 12.1 Å². The Hall–Kier alpha value is -2.54. The highest BCUT2D eigenvalue weighted by Crippen LogP contribution is 2.41. The van der Waals surface area contributed by atoms with Gasteiger partial charge in [0.1, 0.15) is 10.8 Å². The second kappa shape index (κ2) is 8.43. The Labute approximate surface area is 196 Å². The zero-order valence-corrected chi connectivity index (χ0v) is 19.2. The first kappa shape index (κ1) is 21.3. The normalized spacial score (nSPS) is 23.4. The van der Waals surface area contributed by atoms with Crippen molar-refractivity contribution in [2.75, 3.05) is 11.4 Å². The molecule has 0 bridgehead atoms. The lowest BCUT2D eigenvalue weighted by Gasteiger charge is -2.47. The van der Waals surface area contributed by atoms with Crippen LogP contribution in [0.15, 0.2) is 66.1 Å². The third-order valence-corrected chi connectivity index (χ3v) is 7.45. The molecule has 0 saturated carbocycles. The van der Waals surface area contributed by atoms with Crippen molar-refractivity contribution < 1.29 is 9.18 Å². The van der Waals surface area contributed by atoms with Crippen LogP contribution >= 0.6 is 22.9 Å². The van der Waals surface area contributed by atoms with E-state index in [1.54, 1.807) is 34.4 Å². The first-order chi connectivity index (χ1) is 15.4. The molecule has 5 rings (SSSR count). The summed E-state index contributed by atoms with van der Waals surface area (Å²) in [4.78, 5) is 21.7. The maximum Gasteiger partial charge on any atom is 0.251 e. The van der Waals surface area contributed by atoms with Crippen LogP contribution in [0.25, 0.3) is 11.3 Å². The zero-order valence-electron chi connectivity index (χ0n) is 17.7. The van der Waals surface area contributed by atoms with E-state index in [0.29, 0.717) is 10.7 Å². The van der Waals surface area contributed by atoms with Gasteiger partial charge in [0.2, 0.25) is 0 Å². The van der Waals surface area contributed by atoms with Crippen LogP contribution in [0.1, 0.15) is 24.8 Å². The van der Waals surface area contributed by atoms with Gasteiger partial charge in [-0.2, -0.15) is 0 Å². The predicted octanol–water partition coefficient (Wildman–Crippen LogP) is 5.93. The molecule has 1 saturated heterocycles. The van der Waals surface area contributed by atoms with Crippen LogP contribution in [0.5, 0.6) is 0 Å². The number of aromatic nitrogens is 1. The van der Waals surface area contributed by atoms with Crippen molar-refractivity contribution in [1.82, 2.24) is 9.88 Å². The van der Waals surface area contributed by atoms with Gasteiger partial charge in [0.05, 0.1) is 17.8 Å². The molecule has 0 aliphatic carbocycles. The average molecular weight is 468 g/mol. The number of carbonyl (C=O) groups excluding carboxylic acids is 1. The molecule has 1 spiro atoms. The number of hydrogen-bond donors (Lipinski definition) is 0. The molecule has 7 heteroatoms. The van der Waals surface area contributed by atoms with E-state index in [1.807, 2.05) is 30.3 Å². The summed E-state index contributed by atoms with van der Waals surface area (Å²) in [6.45, 7) is 3.78. The third-order valence-electron chi connectivity index (χ3n) is 6.38. The van der Waals surface area contributed by atoms with Crippen molar-refractivity contribution in [3.05, 3.63) is 81.9 Å². The van der Waals surface area contributed by atoms with Crippen LogP contribution in [0, 0.1) is 5.82 Å². The highest BCUT2D eigenvalue weighted by atomic mass is 35.5. The summed E-state index contributed by atoms with van der Waals surface area (Å²) in [5.74, 6) is -0.413. The summed E-state index contributed by atoms with van der Waals surface area (Å²) < 4.78 is 13.9. The second-order valence-corrected chi connectivity index (χ2v) is 9.88. The van der Waals surface area contributed by atoms with Gasteiger partial charge < -0.3 is 0 Å². The maximum absolute atomic E-state index is 13.9. The summed E-state index contributed by atoms with van der Waals surface area (Å²) in [6.07, 6.45) is 5.22. The Morgan fingerprint density at radius 1 is 1.25 bits per heavy atom. The van der Waals surface area contributed by atoms with E-state index in [0.717, 1.165) is 42.2 Å². The van der Waals surface area contributed by atoms with Crippen LogP contribution in [0.4, 0.5) is 10.1 Å². The van der Waals surface area contributed by atoms with Gasteiger partial charge in [-0.25, -0.2) is 9.37 Å². The molecule has 1 fully saturated rings. The van der Waals surface area contributed by atoms with E-state index in [-0.39, 0.29) is 17.8 Å². The fourth-order valence-electron chi connectivity index (χ4n) is 4.82. The fraction of sp³-hybridized carbons (Fsp3) is 0.280. The van der Waals surface area contributed by atoms with E-state index in [2.05, 4.69) is 17.2 Å². The Morgan fingerprint density at radius 2 is 2.09 bits per heavy atom. The van der Waals surface area contributed by atoms with Crippen molar-refractivity contribution in [3.63, 3.8) is 0 Å². The van der Waals surface area contributed by atoms with Crippen LogP contribution < -0.4 is 4.90 Å². The number of halogens is 2. The fourth-order valence-corrected chi connectivity index (χ4v) is 5.84. The number of likely N-dealkylation sites (tertiary alicyclic amines) is 1. The van der Waals surface area contributed by atoms with Crippen molar-refractivity contribution in [2.24, 2.45) is 0 Å². The molecule has 4 nitrogen and oxygen atoms in total. The molecule has 1 amide bonds. The van der Waals surface area contributed by atoms with Gasteiger partial charge >= 0.3 is 0 Å². The molecular formula is C25H23ClFN3OS. The molecule has 3 heterocycles. The molecule has 0 unspecified atom stereocenters. The smallest absolute Gasteiger partial charge is 0.251 e. The number of carbonyl (C=O) groups is 1. The largest absolute Gasteiger partial charge is 0.299 e. The van der Waals surface area contributed by atoms with Gasteiger partial charge in [0.15, 0.2) is 0 Å². The predicted molar refractivity (Wildman–Crippen MR) is 127 cm³/mol. The van der Waals surface area contributed by atoms with Crippen molar-refractivity contribution in [2.45, 2.75) is 37.9 Å². The van der Waals surface area contributed by atoms with Gasteiger partial charge in [-0.3, -0.25) is 14.6 Å². The van der Waals surface area contributed by atoms with Crippen LogP contribution in [-0.2, 0) is 11.3 Å². The van der Waals surface area contributed by atoms with E-state index < -0.39 is 5.54 Å². The number of rotatable bonds is 4. The summed E-state index contributed by atoms with van der Waals surface area (Å²) in [5, 5.41) is 3.83. The number of anilines is 1. The number of thiazole rings is 1. The minimum absolute atomic E-state index is 0.0812. The molecule has 2 aliphatic rings. The second-order valence-electron chi connectivity index (χ2n) is 8.50. The SMILES string of the molecule is C[C@@H]1C[C@]2(C=CC(=O)N2c2cccc(F)c2)CCN1Cc1nc(-c2cccc(Cl)c2)cs1. The maximum atomic E-state index is 13.9. The van der Waals surface area contributed by atoms with E-state index >= 15 is 0 Å². The van der Waals surface area contributed by atoms with Crippen molar-refractivity contribution in [3.8, 4) is 11.3 Å². The molecule has 32 heavy (non-hydrogen) atoms. The number of nitrogens with zero attached hydrogens (tertiary/aromatic N) is 3. The van der Waals surface area contributed by atoms with Crippen molar-refractivity contribution >= 4 is 34.5 Å². The Bertz CT molecular complexity index is 1200. The molecule has 2 aromatic carbocycles. The quantitative estimate of drug-likeness (QED) is 0.477. The number of hydrogen-bond acceptors (Lipinski definition) is 4. The van der Waals surface area contributed by atoms with Crippen LogP contribution in [-0.4, -0.2) is 33.9 Å². The van der Waals surface area contributed by atoms with Gasteiger partial charge in [-0.1, -0.05) is 35.9 Å². The monoisotopic (exact) mass is 467 g/mol. The molecule has 0 radical (unpaired) electrons. The lowest BCUT2D eigenvalue weighted by atomic mass is 9.83. The van der Waals surface area contributed by atoms with Crippen molar-refractivity contribution in [1.29, 1.82) is 0 Å². The van der Waals surface area contributed by atoms with Crippen LogP contribution in [0.2, 0.25) is 5.02 Å². The Balaban J connectivity index is 1.31. The lowest BCUT2D eigenvalue weighted by molar-refractivity contribution is -0.114.